The fourth-order valence-corrected chi connectivity index (χ4v) is 2.75. The Balaban J connectivity index is 1.80. The van der Waals surface area contributed by atoms with Crippen LogP contribution in [0.5, 0.6) is 0 Å². The maximum absolute atomic E-state index is 12.4. The second kappa shape index (κ2) is 7.88. The first kappa shape index (κ1) is 17.9. The van der Waals surface area contributed by atoms with Crippen molar-refractivity contribution in [3.63, 3.8) is 0 Å². The van der Waals surface area contributed by atoms with E-state index in [1.54, 1.807) is 0 Å². The van der Waals surface area contributed by atoms with Crippen molar-refractivity contribution < 1.29 is 4.79 Å². The first-order chi connectivity index (χ1) is 10.9. The van der Waals surface area contributed by atoms with Crippen molar-refractivity contribution in [2.45, 2.75) is 52.2 Å². The number of nitrogens with zero attached hydrogens (tertiary/aromatic N) is 3. The molecule has 1 amide bonds. The lowest BCUT2D eigenvalue weighted by molar-refractivity contribution is -0.128. The summed E-state index contributed by atoms with van der Waals surface area (Å²) in [5, 5.41) is 3.15. The van der Waals surface area contributed by atoms with E-state index < -0.39 is 0 Å². The maximum Gasteiger partial charge on any atom is 0.237 e. The molecule has 2 heterocycles. The highest BCUT2D eigenvalue weighted by Crippen LogP contribution is 2.12. The molecule has 128 valence electrons. The molecule has 0 aliphatic carbocycles. The minimum atomic E-state index is -0.130. The summed E-state index contributed by atoms with van der Waals surface area (Å²) in [5.74, 6) is 0.138. The van der Waals surface area contributed by atoms with Gasteiger partial charge in [-0.25, -0.2) is 0 Å². The van der Waals surface area contributed by atoms with Gasteiger partial charge in [-0.05, 0) is 44.9 Å². The van der Waals surface area contributed by atoms with E-state index in [0.29, 0.717) is 0 Å². The molecule has 1 unspecified atom stereocenters. The van der Waals surface area contributed by atoms with Crippen LogP contribution in [0.3, 0.4) is 0 Å². The Morgan fingerprint density at radius 1 is 1.26 bits per heavy atom. The molecule has 1 atom stereocenters. The smallest absolute Gasteiger partial charge is 0.237 e. The minimum Gasteiger partial charge on any atom is -0.350 e. The van der Waals surface area contributed by atoms with Gasteiger partial charge in [0.15, 0.2) is 0 Å². The number of aromatic nitrogens is 1. The van der Waals surface area contributed by atoms with Gasteiger partial charge in [-0.1, -0.05) is 6.92 Å². The van der Waals surface area contributed by atoms with Crippen LogP contribution in [0.1, 0.15) is 39.7 Å². The van der Waals surface area contributed by atoms with Gasteiger partial charge in [-0.15, -0.1) is 0 Å². The quantitative estimate of drug-likeness (QED) is 0.870. The van der Waals surface area contributed by atoms with Gasteiger partial charge in [0.05, 0.1) is 6.04 Å². The predicted molar refractivity (Wildman–Crippen MR) is 93.1 cm³/mol. The maximum atomic E-state index is 12.4. The largest absolute Gasteiger partial charge is 0.350 e. The van der Waals surface area contributed by atoms with E-state index in [1.165, 1.54) is 5.56 Å². The lowest BCUT2D eigenvalue weighted by Crippen LogP contribution is -2.56. The van der Waals surface area contributed by atoms with Crippen molar-refractivity contribution in [2.75, 3.05) is 26.2 Å². The highest BCUT2D eigenvalue weighted by molar-refractivity contribution is 5.82. The second-order valence-corrected chi connectivity index (χ2v) is 7.07. The Morgan fingerprint density at radius 2 is 1.87 bits per heavy atom. The van der Waals surface area contributed by atoms with Crippen molar-refractivity contribution in [3.8, 4) is 0 Å². The van der Waals surface area contributed by atoms with Gasteiger partial charge >= 0.3 is 0 Å². The Hall–Kier alpha value is -1.46. The molecule has 5 nitrogen and oxygen atoms in total. The van der Waals surface area contributed by atoms with Crippen molar-refractivity contribution in [3.05, 3.63) is 30.1 Å². The van der Waals surface area contributed by atoms with Gasteiger partial charge < -0.3 is 5.32 Å². The second-order valence-electron chi connectivity index (χ2n) is 7.07. The molecule has 1 aliphatic heterocycles. The Bertz CT molecular complexity index is 495. The van der Waals surface area contributed by atoms with Crippen LogP contribution in [0, 0.1) is 0 Å². The van der Waals surface area contributed by atoms with Gasteiger partial charge in [0.25, 0.3) is 0 Å². The van der Waals surface area contributed by atoms with Crippen LogP contribution in [0.15, 0.2) is 24.5 Å². The normalized spacial score (nSPS) is 18.6. The summed E-state index contributed by atoms with van der Waals surface area (Å²) in [5.41, 5.74) is 1.16. The lowest BCUT2D eigenvalue weighted by Gasteiger charge is -2.38. The summed E-state index contributed by atoms with van der Waals surface area (Å²) in [7, 11) is 0. The topological polar surface area (TPSA) is 48.5 Å². The van der Waals surface area contributed by atoms with E-state index in [-0.39, 0.29) is 17.5 Å². The summed E-state index contributed by atoms with van der Waals surface area (Å²) in [6, 6.07) is 4.06. The molecule has 0 saturated carbocycles. The lowest BCUT2D eigenvalue weighted by atomic mass is 10.0. The number of piperazine rings is 1. The van der Waals surface area contributed by atoms with Crippen molar-refractivity contribution in [1.82, 2.24) is 20.1 Å². The van der Waals surface area contributed by atoms with E-state index in [2.05, 4.69) is 53.0 Å². The molecule has 1 aromatic heterocycles. The van der Waals surface area contributed by atoms with Gasteiger partial charge in [0.2, 0.25) is 5.91 Å². The number of carbonyl (C=O) groups is 1. The average Bonchev–Trinajstić information content (AvgIpc) is 2.55. The van der Waals surface area contributed by atoms with E-state index in [4.69, 9.17) is 0 Å². The SMILES string of the molecule is CCC(C)(C)NC(=O)C(C)N1CCN(Cc2ccncc2)CC1. The molecule has 1 aromatic rings. The van der Waals surface area contributed by atoms with E-state index >= 15 is 0 Å². The molecule has 0 bridgehead atoms. The number of rotatable bonds is 6. The number of pyridine rings is 1. The molecule has 1 saturated heterocycles. The predicted octanol–water partition coefficient (Wildman–Crippen LogP) is 1.89. The molecule has 1 N–H and O–H groups in total. The monoisotopic (exact) mass is 318 g/mol. The van der Waals surface area contributed by atoms with E-state index in [0.717, 1.165) is 39.1 Å². The fourth-order valence-electron chi connectivity index (χ4n) is 2.75. The van der Waals surface area contributed by atoms with Gasteiger partial charge in [0, 0.05) is 50.7 Å². The van der Waals surface area contributed by atoms with Crippen LogP contribution in [-0.4, -0.2) is 58.5 Å². The standard InChI is InChI=1S/C18H30N4O/c1-5-18(3,4)20-17(23)15(2)22-12-10-21(11-13-22)14-16-6-8-19-9-7-16/h6-9,15H,5,10-14H2,1-4H3,(H,20,23). The summed E-state index contributed by atoms with van der Waals surface area (Å²) in [6.45, 7) is 13.1. The number of carbonyl (C=O) groups excluding carboxylic acids is 1. The molecule has 0 radical (unpaired) electrons. The molecule has 2 rings (SSSR count). The number of hydrogen-bond acceptors (Lipinski definition) is 4. The van der Waals surface area contributed by atoms with Crippen LogP contribution >= 0.6 is 0 Å². The van der Waals surface area contributed by atoms with Gasteiger partial charge in [-0.3, -0.25) is 19.6 Å². The van der Waals surface area contributed by atoms with Crippen molar-refractivity contribution in [2.24, 2.45) is 0 Å². The van der Waals surface area contributed by atoms with Crippen LogP contribution in [0.25, 0.3) is 0 Å². The highest BCUT2D eigenvalue weighted by atomic mass is 16.2. The molecule has 0 spiro atoms. The molecule has 1 aliphatic rings. The Kier molecular flexibility index (Phi) is 6.13. The minimum absolute atomic E-state index is 0.0658. The Labute approximate surface area is 140 Å². The van der Waals surface area contributed by atoms with Crippen molar-refractivity contribution in [1.29, 1.82) is 0 Å². The average molecular weight is 318 g/mol. The number of hydrogen-bond donors (Lipinski definition) is 1. The number of nitrogens with one attached hydrogen (secondary N) is 1. The zero-order valence-corrected chi connectivity index (χ0v) is 14.9. The zero-order valence-electron chi connectivity index (χ0n) is 14.9. The molecule has 23 heavy (non-hydrogen) atoms. The summed E-state index contributed by atoms with van der Waals surface area (Å²) >= 11 is 0. The van der Waals surface area contributed by atoms with Crippen LogP contribution < -0.4 is 5.32 Å². The van der Waals surface area contributed by atoms with Crippen LogP contribution in [-0.2, 0) is 11.3 Å². The summed E-state index contributed by atoms with van der Waals surface area (Å²) < 4.78 is 0. The van der Waals surface area contributed by atoms with E-state index in [9.17, 15) is 4.79 Å². The highest BCUT2D eigenvalue weighted by Gasteiger charge is 2.28. The van der Waals surface area contributed by atoms with Crippen LogP contribution in [0.2, 0.25) is 0 Å². The zero-order chi connectivity index (χ0) is 16.9. The molecular weight excluding hydrogens is 288 g/mol. The third-order valence-electron chi connectivity index (χ3n) is 4.84. The van der Waals surface area contributed by atoms with Crippen LogP contribution in [0.4, 0.5) is 0 Å². The molecule has 0 aromatic carbocycles. The molecule has 5 heteroatoms. The van der Waals surface area contributed by atoms with Gasteiger partial charge in [-0.2, -0.15) is 0 Å². The van der Waals surface area contributed by atoms with Gasteiger partial charge in [0.1, 0.15) is 0 Å². The number of amides is 1. The molecule has 1 fully saturated rings. The fraction of sp³-hybridized carbons (Fsp3) is 0.667. The first-order valence-corrected chi connectivity index (χ1v) is 8.58. The summed E-state index contributed by atoms with van der Waals surface area (Å²) in [6.07, 6.45) is 4.62. The van der Waals surface area contributed by atoms with E-state index in [1.807, 2.05) is 19.3 Å². The third kappa shape index (κ3) is 5.29. The Morgan fingerprint density at radius 3 is 2.43 bits per heavy atom. The summed E-state index contributed by atoms with van der Waals surface area (Å²) in [4.78, 5) is 21.2. The van der Waals surface area contributed by atoms with Crippen molar-refractivity contribution >= 4 is 5.91 Å². The first-order valence-electron chi connectivity index (χ1n) is 8.58. The molecular formula is C18H30N4O. The third-order valence-corrected chi connectivity index (χ3v) is 4.84.